The van der Waals surface area contributed by atoms with Crippen LogP contribution in [0.15, 0.2) is 54.7 Å². The van der Waals surface area contributed by atoms with Crippen LogP contribution in [0, 0.1) is 11.6 Å². The van der Waals surface area contributed by atoms with Crippen LogP contribution in [-0.2, 0) is 0 Å². The monoisotopic (exact) mass is 385 g/mol. The Labute approximate surface area is 160 Å². The number of pyridine rings is 1. The quantitative estimate of drug-likeness (QED) is 0.659. The van der Waals surface area contributed by atoms with Gasteiger partial charge in [0, 0.05) is 17.8 Å². The highest BCUT2D eigenvalue weighted by Crippen LogP contribution is 2.31. The maximum Gasteiger partial charge on any atom is 0.256 e. The Morgan fingerprint density at radius 2 is 1.75 bits per heavy atom. The van der Waals surface area contributed by atoms with Crippen molar-refractivity contribution in [2.45, 2.75) is 0 Å². The summed E-state index contributed by atoms with van der Waals surface area (Å²) in [6.45, 7) is 0. The third-order valence-electron chi connectivity index (χ3n) is 3.89. The van der Waals surface area contributed by atoms with E-state index in [1.807, 2.05) is 0 Å². The van der Waals surface area contributed by atoms with Crippen molar-refractivity contribution >= 4 is 23.1 Å². The van der Waals surface area contributed by atoms with E-state index in [0.29, 0.717) is 23.0 Å². The van der Waals surface area contributed by atoms with E-state index in [1.54, 1.807) is 18.2 Å². The molecule has 0 aliphatic heterocycles. The van der Waals surface area contributed by atoms with Gasteiger partial charge in [0.25, 0.3) is 5.91 Å². The Bertz CT molecular complexity index is 991. The van der Waals surface area contributed by atoms with Crippen LogP contribution in [0.3, 0.4) is 0 Å². The first-order chi connectivity index (χ1) is 13.5. The molecule has 0 atom stereocenters. The summed E-state index contributed by atoms with van der Waals surface area (Å²) in [7, 11) is 3.06. The van der Waals surface area contributed by atoms with Crippen molar-refractivity contribution in [2.75, 3.05) is 24.9 Å². The number of rotatable bonds is 6. The summed E-state index contributed by atoms with van der Waals surface area (Å²) in [5.41, 5.74) is 0.238. The minimum atomic E-state index is -0.859. The van der Waals surface area contributed by atoms with Gasteiger partial charge in [-0.05, 0) is 36.4 Å². The molecule has 1 aromatic heterocycles. The number of carbonyl (C=O) groups is 1. The van der Waals surface area contributed by atoms with Crippen molar-refractivity contribution in [3.05, 3.63) is 71.9 Å². The first kappa shape index (κ1) is 19.1. The van der Waals surface area contributed by atoms with E-state index in [1.165, 1.54) is 38.6 Å². The molecule has 2 aromatic carbocycles. The van der Waals surface area contributed by atoms with Gasteiger partial charge in [0.05, 0.1) is 19.9 Å². The topological polar surface area (TPSA) is 72.5 Å². The van der Waals surface area contributed by atoms with Gasteiger partial charge >= 0.3 is 0 Å². The van der Waals surface area contributed by atoms with Gasteiger partial charge in [-0.3, -0.25) is 4.79 Å². The summed E-state index contributed by atoms with van der Waals surface area (Å²) in [5.74, 6) is -0.901. The zero-order valence-electron chi connectivity index (χ0n) is 15.1. The van der Waals surface area contributed by atoms with Crippen LogP contribution in [0.5, 0.6) is 11.5 Å². The fourth-order valence-corrected chi connectivity index (χ4v) is 2.49. The molecule has 0 bridgehead atoms. The molecule has 2 N–H and O–H groups in total. The van der Waals surface area contributed by atoms with E-state index >= 15 is 0 Å². The van der Waals surface area contributed by atoms with Crippen LogP contribution in [0.1, 0.15) is 10.4 Å². The summed E-state index contributed by atoms with van der Waals surface area (Å²) in [6, 6.07) is 11.4. The lowest BCUT2D eigenvalue weighted by atomic mass is 10.2. The summed E-state index contributed by atoms with van der Waals surface area (Å²) in [4.78, 5) is 16.6. The number of ether oxygens (including phenoxy) is 2. The summed E-state index contributed by atoms with van der Waals surface area (Å²) in [5, 5.41) is 5.27. The average molecular weight is 385 g/mol. The van der Waals surface area contributed by atoms with E-state index in [0.717, 1.165) is 12.1 Å². The molecule has 0 saturated carbocycles. The molecule has 8 heteroatoms. The SMILES string of the molecule is COc1ccc(OC)c(Nc2cc(C(=O)Nc3c(F)cccc3F)ccn2)c1. The fraction of sp³-hybridized carbons (Fsp3) is 0.100. The standard InChI is InChI=1S/C20H17F2N3O3/c1-27-13-6-7-17(28-2)16(11-13)24-18-10-12(8-9-23-18)20(26)25-19-14(21)4-3-5-15(19)22/h3-11H,1-2H3,(H,23,24)(H,25,26). The number of benzene rings is 2. The molecule has 0 radical (unpaired) electrons. The molecule has 0 aliphatic carbocycles. The van der Waals surface area contributed by atoms with E-state index in [4.69, 9.17) is 9.47 Å². The Morgan fingerprint density at radius 3 is 2.43 bits per heavy atom. The van der Waals surface area contributed by atoms with Gasteiger partial charge in [-0.1, -0.05) is 6.07 Å². The average Bonchev–Trinajstić information content (AvgIpc) is 2.71. The largest absolute Gasteiger partial charge is 0.497 e. The molecule has 0 spiro atoms. The second-order valence-corrected chi connectivity index (χ2v) is 5.67. The molecular weight excluding hydrogens is 368 g/mol. The maximum atomic E-state index is 13.7. The molecule has 0 unspecified atom stereocenters. The molecule has 28 heavy (non-hydrogen) atoms. The Kier molecular flexibility index (Phi) is 5.69. The molecule has 144 valence electrons. The van der Waals surface area contributed by atoms with Gasteiger partial charge in [0.1, 0.15) is 34.6 Å². The highest BCUT2D eigenvalue weighted by Gasteiger charge is 2.14. The number of anilines is 3. The van der Waals surface area contributed by atoms with Gasteiger partial charge in [0.15, 0.2) is 0 Å². The van der Waals surface area contributed by atoms with Crippen LogP contribution < -0.4 is 20.1 Å². The van der Waals surface area contributed by atoms with Gasteiger partial charge in [-0.15, -0.1) is 0 Å². The van der Waals surface area contributed by atoms with Crippen LogP contribution in [0.2, 0.25) is 0 Å². The molecule has 1 amide bonds. The predicted molar refractivity (Wildman–Crippen MR) is 101 cm³/mol. The van der Waals surface area contributed by atoms with E-state index in [2.05, 4.69) is 15.6 Å². The third-order valence-corrected chi connectivity index (χ3v) is 3.89. The van der Waals surface area contributed by atoms with Gasteiger partial charge in [0.2, 0.25) is 0 Å². The Hall–Kier alpha value is -3.68. The minimum Gasteiger partial charge on any atom is -0.497 e. The minimum absolute atomic E-state index is 0.169. The van der Waals surface area contributed by atoms with E-state index in [-0.39, 0.29) is 5.56 Å². The Balaban J connectivity index is 1.84. The normalized spacial score (nSPS) is 10.3. The van der Waals surface area contributed by atoms with Crippen LogP contribution >= 0.6 is 0 Å². The Morgan fingerprint density at radius 1 is 1.00 bits per heavy atom. The lowest BCUT2D eigenvalue weighted by molar-refractivity contribution is 0.102. The molecule has 3 aromatic rings. The molecule has 0 saturated heterocycles. The van der Waals surface area contributed by atoms with Gasteiger partial charge in [-0.2, -0.15) is 0 Å². The summed E-state index contributed by atoms with van der Waals surface area (Å²) < 4.78 is 38.0. The number of methoxy groups -OCH3 is 2. The van der Waals surface area contributed by atoms with Crippen molar-refractivity contribution in [3.8, 4) is 11.5 Å². The number of hydrogen-bond acceptors (Lipinski definition) is 5. The molecule has 1 heterocycles. The van der Waals surface area contributed by atoms with Gasteiger partial charge < -0.3 is 20.1 Å². The smallest absolute Gasteiger partial charge is 0.256 e. The maximum absolute atomic E-state index is 13.7. The molecule has 3 rings (SSSR count). The number of nitrogens with one attached hydrogen (secondary N) is 2. The predicted octanol–water partition coefficient (Wildman–Crippen LogP) is 4.37. The molecular formula is C20H17F2N3O3. The van der Waals surface area contributed by atoms with Crippen LogP contribution in [0.25, 0.3) is 0 Å². The van der Waals surface area contributed by atoms with Crippen LogP contribution in [-0.4, -0.2) is 25.1 Å². The third kappa shape index (κ3) is 4.17. The zero-order valence-corrected chi connectivity index (χ0v) is 15.1. The number of aromatic nitrogens is 1. The first-order valence-electron chi connectivity index (χ1n) is 8.22. The van der Waals surface area contributed by atoms with Crippen molar-refractivity contribution in [1.29, 1.82) is 0 Å². The van der Waals surface area contributed by atoms with Crippen molar-refractivity contribution in [1.82, 2.24) is 4.98 Å². The van der Waals surface area contributed by atoms with E-state index < -0.39 is 23.2 Å². The summed E-state index contributed by atoms with van der Waals surface area (Å²) >= 11 is 0. The van der Waals surface area contributed by atoms with E-state index in [9.17, 15) is 13.6 Å². The first-order valence-corrected chi connectivity index (χ1v) is 8.22. The van der Waals surface area contributed by atoms with Gasteiger partial charge in [-0.25, -0.2) is 13.8 Å². The van der Waals surface area contributed by atoms with Crippen molar-refractivity contribution in [3.63, 3.8) is 0 Å². The fourth-order valence-electron chi connectivity index (χ4n) is 2.49. The molecule has 6 nitrogen and oxygen atoms in total. The zero-order chi connectivity index (χ0) is 20.1. The highest BCUT2D eigenvalue weighted by atomic mass is 19.1. The van der Waals surface area contributed by atoms with Crippen LogP contribution in [0.4, 0.5) is 26.0 Å². The lowest BCUT2D eigenvalue weighted by Crippen LogP contribution is -2.14. The van der Waals surface area contributed by atoms with Crippen molar-refractivity contribution < 1.29 is 23.0 Å². The number of amides is 1. The second kappa shape index (κ2) is 8.34. The summed E-state index contributed by atoms with van der Waals surface area (Å²) in [6.07, 6.45) is 1.40. The number of hydrogen-bond donors (Lipinski definition) is 2. The molecule has 0 fully saturated rings. The lowest BCUT2D eigenvalue weighted by Gasteiger charge is -2.13. The number of carbonyl (C=O) groups excluding carboxylic acids is 1. The molecule has 0 aliphatic rings. The number of nitrogens with zero attached hydrogens (tertiary/aromatic N) is 1. The highest BCUT2D eigenvalue weighted by molar-refractivity contribution is 6.04. The van der Waals surface area contributed by atoms with Crippen molar-refractivity contribution in [2.24, 2.45) is 0 Å². The number of halogens is 2. The number of para-hydroxylation sites is 1. The second-order valence-electron chi connectivity index (χ2n) is 5.67.